The number of hydrogen-bond donors (Lipinski definition) is 6. The van der Waals surface area contributed by atoms with Crippen LogP contribution in [-0.4, -0.2) is 49.6 Å². The molecule has 0 saturated heterocycles. The van der Waals surface area contributed by atoms with E-state index in [0.717, 1.165) is 79.1 Å². The second kappa shape index (κ2) is 18.9. The standard InChI is InChI=1S/C43H47N5O7.2FH/c44-30-12-14-31(15-13-30)48(42(52)53)36-23-27(10-16-32(36)29-8-4-1-5-9-29)7-3-2-6-22-47-35-19-11-28(24-39(35)55-43(47)54)25-45-26-38(50)33-17-20-37(49)41-34(33)18-21-40(51)46-41;;/h1,4-5,8-11,16-21,23-24,30-31,38,45,49-50H,2-3,6-7,12-15,22,25-26,44H2,(H,46,51)(H,52,53);2*1H/t30-,31-,38-;;/m0../s1. The first kappa shape index (κ1) is 42.3. The molecule has 1 aliphatic carbocycles. The van der Waals surface area contributed by atoms with Crippen LogP contribution in [0, 0.1) is 0 Å². The van der Waals surface area contributed by atoms with Gasteiger partial charge in [0, 0.05) is 48.7 Å². The molecule has 1 fully saturated rings. The molecule has 4 aromatic carbocycles. The minimum Gasteiger partial charge on any atom is -0.506 e. The predicted octanol–water partition coefficient (Wildman–Crippen LogP) is 7.10. The van der Waals surface area contributed by atoms with Gasteiger partial charge in [-0.3, -0.25) is 23.7 Å². The molecule has 0 aliphatic heterocycles. The molecular formula is C43H49F2N5O7. The molecule has 2 heterocycles. The third kappa shape index (κ3) is 9.59. The number of aliphatic hydroxyl groups is 1. The van der Waals surface area contributed by atoms with Gasteiger partial charge in [0.1, 0.15) is 5.75 Å². The van der Waals surface area contributed by atoms with Gasteiger partial charge in [-0.1, -0.05) is 61.0 Å². The number of pyridine rings is 1. The van der Waals surface area contributed by atoms with Crippen LogP contribution in [0.4, 0.5) is 19.9 Å². The van der Waals surface area contributed by atoms with Crippen molar-refractivity contribution in [2.24, 2.45) is 5.73 Å². The highest BCUT2D eigenvalue weighted by Gasteiger charge is 2.30. The minimum absolute atomic E-state index is 0. The second-order valence-corrected chi connectivity index (χ2v) is 14.5. The Kier molecular flexibility index (Phi) is 14.0. The number of phenolic OH excluding ortho intramolecular Hbond substituents is 1. The molecule has 6 aromatic rings. The van der Waals surface area contributed by atoms with Crippen LogP contribution < -0.4 is 27.3 Å². The summed E-state index contributed by atoms with van der Waals surface area (Å²) in [5, 5.41) is 35.3. The summed E-state index contributed by atoms with van der Waals surface area (Å²) >= 11 is 0. The Bertz CT molecular complexity index is 2410. The first-order chi connectivity index (χ1) is 26.7. The zero-order valence-corrected chi connectivity index (χ0v) is 31.4. The smallest absolute Gasteiger partial charge is 0.419 e. The average Bonchev–Trinajstić information content (AvgIpc) is 3.49. The maximum atomic E-state index is 12.8. The highest BCUT2D eigenvalue weighted by atomic mass is 19.0. The Labute approximate surface area is 327 Å². The van der Waals surface area contributed by atoms with Crippen molar-refractivity contribution < 1.29 is 33.9 Å². The van der Waals surface area contributed by atoms with Gasteiger partial charge >= 0.3 is 11.8 Å². The summed E-state index contributed by atoms with van der Waals surface area (Å²) < 4.78 is 7.27. The van der Waals surface area contributed by atoms with Crippen molar-refractivity contribution in [1.82, 2.24) is 14.9 Å². The van der Waals surface area contributed by atoms with Crippen molar-refractivity contribution in [3.8, 4) is 16.9 Å². The highest BCUT2D eigenvalue weighted by Crippen LogP contribution is 2.37. The van der Waals surface area contributed by atoms with E-state index in [9.17, 15) is 29.7 Å². The van der Waals surface area contributed by atoms with Crippen molar-refractivity contribution in [2.45, 2.75) is 82.6 Å². The van der Waals surface area contributed by atoms with E-state index in [1.165, 1.54) is 12.1 Å². The fourth-order valence-electron chi connectivity index (χ4n) is 7.83. The third-order valence-electron chi connectivity index (χ3n) is 10.7. The number of phenols is 1. The predicted molar refractivity (Wildman–Crippen MR) is 219 cm³/mol. The average molecular weight is 786 g/mol. The fourth-order valence-corrected chi connectivity index (χ4v) is 7.83. The molecule has 1 atom stereocenters. The molecule has 1 aliphatic rings. The van der Waals surface area contributed by atoms with Crippen molar-refractivity contribution >= 4 is 33.8 Å². The lowest BCUT2D eigenvalue weighted by Gasteiger charge is -2.35. The van der Waals surface area contributed by atoms with Crippen molar-refractivity contribution in [3.63, 3.8) is 0 Å². The van der Waals surface area contributed by atoms with Gasteiger partial charge in [0.15, 0.2) is 5.58 Å². The van der Waals surface area contributed by atoms with Crippen LogP contribution in [-0.2, 0) is 19.5 Å². The lowest BCUT2D eigenvalue weighted by molar-refractivity contribution is 0.176. The summed E-state index contributed by atoms with van der Waals surface area (Å²) in [6.07, 6.45) is 4.54. The summed E-state index contributed by atoms with van der Waals surface area (Å²) in [6, 6.07) is 27.7. The molecule has 1 saturated carbocycles. The number of benzene rings is 4. The summed E-state index contributed by atoms with van der Waals surface area (Å²) in [4.78, 5) is 41.5. The van der Waals surface area contributed by atoms with E-state index in [1.54, 1.807) is 21.6 Å². The van der Waals surface area contributed by atoms with E-state index in [4.69, 9.17) is 10.2 Å². The number of amides is 1. The fraction of sp³-hybridized carbons (Fsp3) is 0.326. The molecular weight excluding hydrogens is 736 g/mol. The molecule has 7 rings (SSSR count). The number of nitrogens with zero attached hydrogens (tertiary/aromatic N) is 2. The Morgan fingerprint density at radius 2 is 1.67 bits per heavy atom. The number of fused-ring (bicyclic) bond motifs is 2. The number of halogens is 2. The van der Waals surface area contributed by atoms with Crippen LogP contribution in [0.15, 0.2) is 105 Å². The van der Waals surface area contributed by atoms with Gasteiger partial charge in [-0.05, 0) is 97.5 Å². The number of aromatic hydroxyl groups is 1. The normalized spacial score (nSPS) is 15.8. The van der Waals surface area contributed by atoms with Crippen LogP contribution in [0.25, 0.3) is 33.1 Å². The Hall–Kier alpha value is -5.83. The number of nitrogens with one attached hydrogen (secondary N) is 2. The van der Waals surface area contributed by atoms with E-state index in [-0.39, 0.29) is 44.9 Å². The number of anilines is 1. The number of carboxylic acid groups (broad SMARTS) is 1. The maximum Gasteiger partial charge on any atom is 0.419 e. The lowest BCUT2D eigenvalue weighted by Crippen LogP contribution is -2.44. The number of aryl methyl sites for hydroxylation is 2. The third-order valence-corrected chi connectivity index (χ3v) is 10.7. The van der Waals surface area contributed by atoms with Gasteiger partial charge in [-0.2, -0.15) is 0 Å². The molecule has 12 nitrogen and oxygen atoms in total. The monoisotopic (exact) mass is 785 g/mol. The highest BCUT2D eigenvalue weighted by molar-refractivity contribution is 5.94. The number of H-pyrrole nitrogens is 1. The second-order valence-electron chi connectivity index (χ2n) is 14.5. The summed E-state index contributed by atoms with van der Waals surface area (Å²) in [5.41, 5.74) is 12.4. The molecule has 0 spiro atoms. The number of nitrogens with two attached hydrogens (primary N) is 1. The summed E-state index contributed by atoms with van der Waals surface area (Å²) in [6.45, 7) is 1.14. The number of aliphatic hydroxyl groups excluding tert-OH is 1. The quantitative estimate of drug-likeness (QED) is 0.0626. The van der Waals surface area contributed by atoms with Gasteiger partial charge in [0.2, 0.25) is 5.56 Å². The Balaban J connectivity index is 0.00000310. The minimum atomic E-state index is -0.949. The van der Waals surface area contributed by atoms with E-state index >= 15 is 0 Å². The zero-order valence-electron chi connectivity index (χ0n) is 31.4. The van der Waals surface area contributed by atoms with Gasteiger partial charge in [-0.25, -0.2) is 9.59 Å². The molecule has 57 heavy (non-hydrogen) atoms. The first-order valence-corrected chi connectivity index (χ1v) is 19.0. The number of aromatic nitrogens is 2. The number of hydrogen-bond acceptors (Lipinski definition) is 8. The van der Waals surface area contributed by atoms with Gasteiger partial charge in [0.25, 0.3) is 0 Å². The number of unbranched alkanes of at least 4 members (excludes halogenated alkanes) is 2. The number of carbonyl (C=O) groups is 1. The molecule has 1 amide bonds. The van der Waals surface area contributed by atoms with Crippen molar-refractivity contribution in [3.05, 3.63) is 129 Å². The lowest BCUT2D eigenvalue weighted by atomic mass is 9.89. The Morgan fingerprint density at radius 3 is 2.42 bits per heavy atom. The van der Waals surface area contributed by atoms with Crippen LogP contribution in [0.5, 0.6) is 5.75 Å². The largest absolute Gasteiger partial charge is 0.506 e. The van der Waals surface area contributed by atoms with E-state index in [0.29, 0.717) is 35.3 Å². The summed E-state index contributed by atoms with van der Waals surface area (Å²) in [5.74, 6) is -0.476. The van der Waals surface area contributed by atoms with Crippen LogP contribution in [0.3, 0.4) is 0 Å². The molecule has 14 heteroatoms. The van der Waals surface area contributed by atoms with Crippen LogP contribution in [0.2, 0.25) is 0 Å². The SMILES string of the molecule is F.F.N[C@H]1CC[C@H](N(C(=O)O)c2cc(CCCCCn3c(=O)oc4cc(CNC[C@H](O)c5ccc(O)c6[nH]c(=O)ccc56)ccc43)ccc2-c2ccccc2)CC1. The van der Waals surface area contributed by atoms with E-state index in [1.807, 2.05) is 60.7 Å². The van der Waals surface area contributed by atoms with Crippen molar-refractivity contribution in [1.29, 1.82) is 0 Å². The topological polar surface area (TPSA) is 187 Å². The van der Waals surface area contributed by atoms with Crippen molar-refractivity contribution in [2.75, 3.05) is 11.4 Å². The Morgan fingerprint density at radius 1 is 0.912 bits per heavy atom. The number of aromatic amines is 1. The van der Waals surface area contributed by atoms with E-state index in [2.05, 4.69) is 16.4 Å². The first-order valence-electron chi connectivity index (χ1n) is 19.0. The molecule has 0 bridgehead atoms. The molecule has 7 N–H and O–H groups in total. The van der Waals surface area contributed by atoms with Crippen LogP contribution in [0.1, 0.15) is 67.7 Å². The van der Waals surface area contributed by atoms with Gasteiger partial charge in [0.05, 0.1) is 22.8 Å². The molecule has 0 radical (unpaired) electrons. The van der Waals surface area contributed by atoms with Crippen LogP contribution >= 0.6 is 0 Å². The molecule has 0 unspecified atom stereocenters. The van der Waals surface area contributed by atoms with Gasteiger partial charge in [-0.15, -0.1) is 0 Å². The zero-order chi connectivity index (χ0) is 38.5. The maximum absolute atomic E-state index is 12.8. The number of rotatable bonds is 14. The number of oxazole rings is 1. The molecule has 2 aromatic heterocycles. The molecule has 302 valence electrons. The van der Waals surface area contributed by atoms with Gasteiger partial charge < -0.3 is 35.8 Å². The summed E-state index contributed by atoms with van der Waals surface area (Å²) in [7, 11) is 0. The van der Waals surface area contributed by atoms with E-state index < -0.39 is 18.0 Å².